The highest BCUT2D eigenvalue weighted by Crippen LogP contribution is 2.14. The molecule has 4 nitrogen and oxygen atoms in total. The zero-order valence-corrected chi connectivity index (χ0v) is 14.0. The Morgan fingerprint density at radius 1 is 1.08 bits per heavy atom. The van der Waals surface area contributed by atoms with E-state index in [9.17, 15) is 4.21 Å². The molecular weight excluding hydrogens is 322 g/mol. The number of rotatable bonds is 6. The van der Waals surface area contributed by atoms with Gasteiger partial charge in [0.1, 0.15) is 24.3 Å². The summed E-state index contributed by atoms with van der Waals surface area (Å²) in [5.74, 6) is 1.32. The number of ether oxygens (including phenoxy) is 1. The fourth-order valence-corrected chi connectivity index (χ4v) is 2.60. The van der Waals surface area contributed by atoms with E-state index in [0.29, 0.717) is 12.5 Å². The molecule has 0 fully saturated rings. The number of oxazole rings is 1. The Kier molecular flexibility index (Phi) is 5.23. The third kappa shape index (κ3) is 4.43. The van der Waals surface area contributed by atoms with E-state index in [1.807, 2.05) is 60.7 Å². The molecule has 1 aromatic heterocycles. The first-order chi connectivity index (χ1) is 11.7. The Labute approximate surface area is 143 Å². The SMILES string of the molecule is CS(=O)c1ccc(C=Cc2nc(COc3ccccc3)co2)cc1. The van der Waals surface area contributed by atoms with Crippen LogP contribution < -0.4 is 4.74 Å². The topological polar surface area (TPSA) is 52.3 Å². The minimum Gasteiger partial charge on any atom is -0.487 e. The molecule has 1 unspecified atom stereocenters. The van der Waals surface area contributed by atoms with Crippen LogP contribution in [0.2, 0.25) is 0 Å². The molecule has 1 heterocycles. The second kappa shape index (κ2) is 7.75. The molecule has 0 spiro atoms. The van der Waals surface area contributed by atoms with Crippen LogP contribution in [0.3, 0.4) is 0 Å². The van der Waals surface area contributed by atoms with E-state index in [1.54, 1.807) is 18.6 Å². The molecule has 0 saturated heterocycles. The number of hydrogen-bond donors (Lipinski definition) is 0. The van der Waals surface area contributed by atoms with Gasteiger partial charge in [-0.2, -0.15) is 0 Å². The zero-order valence-electron chi connectivity index (χ0n) is 13.2. The summed E-state index contributed by atoms with van der Waals surface area (Å²) in [4.78, 5) is 5.17. The van der Waals surface area contributed by atoms with Crippen molar-refractivity contribution in [1.82, 2.24) is 4.98 Å². The van der Waals surface area contributed by atoms with Crippen LogP contribution in [0, 0.1) is 0 Å². The molecule has 0 aliphatic heterocycles. The van der Waals surface area contributed by atoms with E-state index in [4.69, 9.17) is 9.15 Å². The molecule has 0 N–H and O–H groups in total. The summed E-state index contributed by atoms with van der Waals surface area (Å²) in [6, 6.07) is 17.1. The smallest absolute Gasteiger partial charge is 0.218 e. The Hall–Kier alpha value is -2.66. The second-order valence-electron chi connectivity index (χ2n) is 5.14. The van der Waals surface area contributed by atoms with E-state index < -0.39 is 10.8 Å². The predicted octanol–water partition coefficient (Wildman–Crippen LogP) is 4.16. The van der Waals surface area contributed by atoms with Gasteiger partial charge in [0.05, 0.1) is 0 Å². The molecule has 122 valence electrons. The number of hydrogen-bond acceptors (Lipinski definition) is 4. The first-order valence-electron chi connectivity index (χ1n) is 7.44. The van der Waals surface area contributed by atoms with E-state index in [0.717, 1.165) is 21.9 Å². The van der Waals surface area contributed by atoms with E-state index >= 15 is 0 Å². The van der Waals surface area contributed by atoms with Gasteiger partial charge >= 0.3 is 0 Å². The summed E-state index contributed by atoms with van der Waals surface area (Å²) >= 11 is 0. The lowest BCUT2D eigenvalue weighted by Gasteiger charge is -2.01. The van der Waals surface area contributed by atoms with Gasteiger partial charge in [0.2, 0.25) is 5.89 Å². The first kappa shape index (κ1) is 16.2. The van der Waals surface area contributed by atoms with Crippen molar-refractivity contribution in [3.8, 4) is 5.75 Å². The summed E-state index contributed by atoms with van der Waals surface area (Å²) in [5.41, 5.74) is 1.72. The molecule has 0 saturated carbocycles. The molecule has 24 heavy (non-hydrogen) atoms. The van der Waals surface area contributed by atoms with E-state index in [1.165, 1.54) is 0 Å². The van der Waals surface area contributed by atoms with Crippen molar-refractivity contribution in [3.63, 3.8) is 0 Å². The lowest BCUT2D eigenvalue weighted by Crippen LogP contribution is -1.95. The summed E-state index contributed by atoms with van der Waals surface area (Å²) in [5, 5.41) is 0. The first-order valence-corrected chi connectivity index (χ1v) is 9.00. The Balaban J connectivity index is 1.60. The van der Waals surface area contributed by atoms with Gasteiger partial charge in [0.15, 0.2) is 0 Å². The largest absolute Gasteiger partial charge is 0.487 e. The Morgan fingerprint density at radius 3 is 2.54 bits per heavy atom. The highest BCUT2D eigenvalue weighted by atomic mass is 32.2. The number of nitrogens with zero attached hydrogens (tertiary/aromatic N) is 1. The average Bonchev–Trinajstić information content (AvgIpc) is 3.07. The van der Waals surface area contributed by atoms with Crippen LogP contribution in [0.25, 0.3) is 12.2 Å². The summed E-state index contributed by atoms with van der Waals surface area (Å²) in [6.45, 7) is 0.359. The van der Waals surface area contributed by atoms with Crippen LogP contribution >= 0.6 is 0 Å². The van der Waals surface area contributed by atoms with Crippen molar-refractivity contribution in [3.05, 3.63) is 78.0 Å². The molecule has 3 rings (SSSR count). The maximum Gasteiger partial charge on any atom is 0.218 e. The third-order valence-electron chi connectivity index (χ3n) is 3.33. The van der Waals surface area contributed by atoms with Crippen LogP contribution in [0.15, 0.2) is 70.2 Å². The van der Waals surface area contributed by atoms with Crippen molar-refractivity contribution in [2.75, 3.05) is 6.26 Å². The normalized spacial score (nSPS) is 12.4. The van der Waals surface area contributed by atoms with Crippen molar-refractivity contribution < 1.29 is 13.4 Å². The summed E-state index contributed by atoms with van der Waals surface area (Å²) in [7, 11) is -0.961. The monoisotopic (exact) mass is 339 g/mol. The highest BCUT2D eigenvalue weighted by Gasteiger charge is 2.02. The van der Waals surface area contributed by atoms with Crippen molar-refractivity contribution in [2.24, 2.45) is 0 Å². The molecule has 0 aliphatic rings. The van der Waals surface area contributed by atoms with Gasteiger partial charge < -0.3 is 9.15 Å². The molecule has 0 radical (unpaired) electrons. The quantitative estimate of drug-likeness (QED) is 0.676. The van der Waals surface area contributed by atoms with Gasteiger partial charge in [-0.25, -0.2) is 4.98 Å². The highest BCUT2D eigenvalue weighted by molar-refractivity contribution is 7.84. The van der Waals surface area contributed by atoms with Crippen LogP contribution in [0.5, 0.6) is 5.75 Å². The van der Waals surface area contributed by atoms with Crippen LogP contribution in [0.4, 0.5) is 0 Å². The Bertz CT molecular complexity index is 839. The van der Waals surface area contributed by atoms with E-state index in [2.05, 4.69) is 4.98 Å². The molecule has 0 amide bonds. The van der Waals surface area contributed by atoms with Crippen molar-refractivity contribution >= 4 is 23.0 Å². The van der Waals surface area contributed by atoms with Gasteiger partial charge in [-0.1, -0.05) is 30.3 Å². The maximum atomic E-state index is 11.4. The van der Waals surface area contributed by atoms with Crippen LogP contribution in [-0.4, -0.2) is 15.4 Å². The fraction of sp³-hybridized carbons (Fsp3) is 0.105. The van der Waals surface area contributed by atoms with Gasteiger partial charge in [-0.3, -0.25) is 4.21 Å². The predicted molar refractivity (Wildman–Crippen MR) is 95.0 cm³/mol. The average molecular weight is 339 g/mol. The number of para-hydroxylation sites is 1. The van der Waals surface area contributed by atoms with Gasteiger partial charge in [0, 0.05) is 28.0 Å². The zero-order chi connectivity index (χ0) is 16.8. The molecule has 5 heteroatoms. The summed E-state index contributed by atoms with van der Waals surface area (Å²) in [6.07, 6.45) is 6.95. The van der Waals surface area contributed by atoms with Crippen LogP contribution in [0.1, 0.15) is 17.1 Å². The van der Waals surface area contributed by atoms with Crippen molar-refractivity contribution in [2.45, 2.75) is 11.5 Å². The molecule has 2 aromatic carbocycles. The third-order valence-corrected chi connectivity index (χ3v) is 4.27. The standard InChI is InChI=1S/C19H17NO3S/c1-24(21)18-10-7-15(8-11-18)9-12-19-20-16(14-23-19)13-22-17-5-3-2-4-6-17/h2-12,14H,13H2,1H3. The minimum atomic E-state index is -0.961. The minimum absolute atomic E-state index is 0.359. The Morgan fingerprint density at radius 2 is 1.83 bits per heavy atom. The molecule has 0 aliphatic carbocycles. The molecule has 1 atom stereocenters. The fourth-order valence-electron chi connectivity index (χ4n) is 2.08. The number of benzene rings is 2. The lowest BCUT2D eigenvalue weighted by atomic mass is 10.2. The maximum absolute atomic E-state index is 11.4. The molecular formula is C19H17NO3S. The lowest BCUT2D eigenvalue weighted by molar-refractivity contribution is 0.301. The second-order valence-corrected chi connectivity index (χ2v) is 6.51. The molecule has 3 aromatic rings. The van der Waals surface area contributed by atoms with Gasteiger partial charge in [-0.15, -0.1) is 0 Å². The van der Waals surface area contributed by atoms with Gasteiger partial charge in [0.25, 0.3) is 0 Å². The van der Waals surface area contributed by atoms with Crippen molar-refractivity contribution in [1.29, 1.82) is 0 Å². The van der Waals surface area contributed by atoms with Crippen LogP contribution in [-0.2, 0) is 17.4 Å². The van der Waals surface area contributed by atoms with Gasteiger partial charge in [-0.05, 0) is 35.9 Å². The van der Waals surface area contributed by atoms with E-state index in [-0.39, 0.29) is 0 Å². The summed E-state index contributed by atoms with van der Waals surface area (Å²) < 4.78 is 22.4. The molecule has 0 bridgehead atoms. The number of aromatic nitrogens is 1.